The number of nitrogens with zero attached hydrogens (tertiary/aromatic N) is 3. The first-order valence-electron chi connectivity index (χ1n) is 9.54. The van der Waals surface area contributed by atoms with Crippen LogP contribution in [0.15, 0.2) is 30.6 Å². The first-order chi connectivity index (χ1) is 14.2. The van der Waals surface area contributed by atoms with E-state index in [-0.39, 0.29) is 48.2 Å². The first kappa shape index (κ1) is 22.4. The third-order valence-corrected chi connectivity index (χ3v) is 5.46. The topological polar surface area (TPSA) is 119 Å². The summed E-state index contributed by atoms with van der Waals surface area (Å²) in [5, 5.41) is 31.2. The standard InChI is InChI=1S/C20H24ClFN4O4/c1-12-2-3-16(23-9-12)25-19(30)26-6-4-20(22,5-7-26)18-14(21)8-13(10-24-18)17(29)15(28)11-27/h2-3,8-10,15,17,27-29H,4-7,11H2,1H3,(H,23,25,30)/t15-,17+/m1/s1. The zero-order valence-corrected chi connectivity index (χ0v) is 17.2. The van der Waals surface area contributed by atoms with Gasteiger partial charge in [0.05, 0.1) is 17.3 Å². The van der Waals surface area contributed by atoms with Gasteiger partial charge >= 0.3 is 6.03 Å². The highest BCUT2D eigenvalue weighted by atomic mass is 35.5. The molecule has 0 aromatic carbocycles. The van der Waals surface area contributed by atoms with Gasteiger partial charge in [-0.05, 0) is 24.6 Å². The predicted molar refractivity (Wildman–Crippen MR) is 109 cm³/mol. The maximum Gasteiger partial charge on any atom is 0.323 e. The van der Waals surface area contributed by atoms with E-state index >= 15 is 4.39 Å². The molecule has 1 saturated heterocycles. The maximum absolute atomic E-state index is 15.6. The van der Waals surface area contributed by atoms with Crippen molar-refractivity contribution in [2.45, 2.75) is 37.6 Å². The highest BCUT2D eigenvalue weighted by Crippen LogP contribution is 2.40. The van der Waals surface area contributed by atoms with Crippen LogP contribution in [-0.2, 0) is 5.67 Å². The summed E-state index contributed by atoms with van der Waals surface area (Å²) in [5.74, 6) is 0.423. The van der Waals surface area contributed by atoms with E-state index < -0.39 is 24.5 Å². The Morgan fingerprint density at radius 1 is 1.30 bits per heavy atom. The Kier molecular flexibility index (Phi) is 6.87. The summed E-state index contributed by atoms with van der Waals surface area (Å²) < 4.78 is 15.6. The highest BCUT2D eigenvalue weighted by molar-refractivity contribution is 6.31. The lowest BCUT2D eigenvalue weighted by Crippen LogP contribution is -2.45. The third kappa shape index (κ3) is 4.86. The minimum atomic E-state index is -1.82. The lowest BCUT2D eigenvalue weighted by atomic mass is 9.89. The van der Waals surface area contributed by atoms with E-state index in [9.17, 15) is 15.0 Å². The van der Waals surface area contributed by atoms with Crippen LogP contribution in [0.25, 0.3) is 0 Å². The Hall–Kier alpha value is -2.33. The molecule has 1 aliphatic rings. The molecule has 162 valence electrons. The van der Waals surface area contributed by atoms with Crippen molar-refractivity contribution in [3.05, 3.63) is 52.4 Å². The number of aromatic nitrogens is 2. The smallest absolute Gasteiger partial charge is 0.323 e. The van der Waals surface area contributed by atoms with Gasteiger partial charge in [-0.15, -0.1) is 0 Å². The fourth-order valence-electron chi connectivity index (χ4n) is 3.30. The maximum atomic E-state index is 15.6. The number of amides is 2. The molecular formula is C20H24ClFN4O4. The number of aryl methyl sites for hydroxylation is 1. The number of nitrogens with one attached hydrogen (secondary N) is 1. The molecule has 0 bridgehead atoms. The zero-order chi connectivity index (χ0) is 21.9. The lowest BCUT2D eigenvalue weighted by molar-refractivity contribution is -0.0155. The van der Waals surface area contributed by atoms with Crippen LogP contribution in [0.3, 0.4) is 0 Å². The summed E-state index contributed by atoms with van der Waals surface area (Å²) in [4.78, 5) is 22.1. The molecule has 1 fully saturated rings. The van der Waals surface area contributed by atoms with Gasteiger partial charge in [0.15, 0.2) is 5.67 Å². The summed E-state index contributed by atoms with van der Waals surface area (Å²) in [7, 11) is 0. The van der Waals surface area contributed by atoms with Gasteiger partial charge in [-0.2, -0.15) is 0 Å². The van der Waals surface area contributed by atoms with Crippen LogP contribution in [0.2, 0.25) is 5.02 Å². The number of hydrogen-bond donors (Lipinski definition) is 4. The van der Waals surface area contributed by atoms with Gasteiger partial charge in [0.25, 0.3) is 0 Å². The van der Waals surface area contributed by atoms with Gasteiger partial charge in [0.2, 0.25) is 0 Å². The Bertz CT molecular complexity index is 891. The molecule has 2 aromatic heterocycles. The molecule has 2 atom stereocenters. The van der Waals surface area contributed by atoms with E-state index in [2.05, 4.69) is 15.3 Å². The number of aliphatic hydroxyl groups excluding tert-OH is 3. The van der Waals surface area contributed by atoms with Gasteiger partial charge in [-0.25, -0.2) is 14.2 Å². The van der Waals surface area contributed by atoms with E-state index in [1.54, 1.807) is 12.3 Å². The number of urea groups is 1. The monoisotopic (exact) mass is 438 g/mol. The van der Waals surface area contributed by atoms with Crippen molar-refractivity contribution in [1.29, 1.82) is 0 Å². The lowest BCUT2D eigenvalue weighted by Gasteiger charge is -2.36. The first-order valence-corrected chi connectivity index (χ1v) is 9.92. The number of alkyl halides is 1. The molecule has 2 aromatic rings. The number of hydrogen-bond acceptors (Lipinski definition) is 6. The normalized spacial score (nSPS) is 18.0. The van der Waals surface area contributed by atoms with Gasteiger partial charge in [0.1, 0.15) is 18.0 Å². The molecule has 1 aliphatic heterocycles. The minimum absolute atomic E-state index is 0.00956. The Morgan fingerprint density at radius 3 is 2.57 bits per heavy atom. The fourth-order valence-corrected chi connectivity index (χ4v) is 3.64. The summed E-state index contributed by atoms with van der Waals surface area (Å²) in [5.41, 5.74) is -0.646. The number of rotatable bonds is 5. The van der Waals surface area contributed by atoms with Crippen molar-refractivity contribution in [1.82, 2.24) is 14.9 Å². The van der Waals surface area contributed by atoms with E-state index in [0.29, 0.717) is 5.82 Å². The molecule has 0 spiro atoms. The Morgan fingerprint density at radius 2 is 2.00 bits per heavy atom. The second kappa shape index (κ2) is 9.22. The van der Waals surface area contributed by atoms with Crippen molar-refractivity contribution < 1.29 is 24.5 Å². The summed E-state index contributed by atoms with van der Waals surface area (Å²) in [6.07, 6.45) is 0.120. The van der Waals surface area contributed by atoms with Gasteiger partial charge in [0, 0.05) is 43.9 Å². The fraction of sp³-hybridized carbons (Fsp3) is 0.450. The second-order valence-electron chi connectivity index (χ2n) is 7.40. The molecule has 10 heteroatoms. The molecule has 0 unspecified atom stereocenters. The Balaban J connectivity index is 1.65. The molecule has 0 radical (unpaired) electrons. The molecule has 0 aliphatic carbocycles. The molecule has 30 heavy (non-hydrogen) atoms. The van der Waals surface area contributed by atoms with E-state index in [1.807, 2.05) is 13.0 Å². The number of halogens is 2. The van der Waals surface area contributed by atoms with Crippen LogP contribution >= 0.6 is 11.6 Å². The third-order valence-electron chi connectivity index (χ3n) is 5.17. The number of aliphatic hydroxyl groups is 3. The molecule has 8 nitrogen and oxygen atoms in total. The predicted octanol–water partition coefficient (Wildman–Crippen LogP) is 2.32. The average molecular weight is 439 g/mol. The molecular weight excluding hydrogens is 415 g/mol. The van der Waals surface area contributed by atoms with Crippen LogP contribution < -0.4 is 5.32 Å². The SMILES string of the molecule is Cc1ccc(NC(=O)N2CCC(F)(c3ncc([C@H](O)[C@H](O)CO)cc3Cl)CC2)nc1. The summed E-state index contributed by atoms with van der Waals surface area (Å²) in [6.45, 7) is 1.59. The minimum Gasteiger partial charge on any atom is -0.394 e. The van der Waals surface area contributed by atoms with Crippen molar-refractivity contribution >= 4 is 23.4 Å². The second-order valence-corrected chi connectivity index (χ2v) is 7.80. The van der Waals surface area contributed by atoms with Gasteiger partial charge in [-0.1, -0.05) is 17.7 Å². The van der Waals surface area contributed by atoms with Crippen LogP contribution in [0.5, 0.6) is 0 Å². The number of anilines is 1. The van der Waals surface area contributed by atoms with Crippen molar-refractivity contribution in [3.63, 3.8) is 0 Å². The van der Waals surface area contributed by atoms with E-state index in [1.165, 1.54) is 17.2 Å². The summed E-state index contributed by atoms with van der Waals surface area (Å²) in [6, 6.07) is 4.50. The van der Waals surface area contributed by atoms with Crippen LogP contribution in [-0.4, -0.2) is 62.0 Å². The number of carbonyl (C=O) groups is 1. The van der Waals surface area contributed by atoms with E-state index in [0.717, 1.165) is 5.56 Å². The molecule has 3 heterocycles. The van der Waals surface area contributed by atoms with Gasteiger partial charge in [-0.3, -0.25) is 10.3 Å². The quantitative estimate of drug-likeness (QED) is 0.569. The number of piperidine rings is 1. The summed E-state index contributed by atoms with van der Waals surface area (Å²) >= 11 is 6.20. The van der Waals surface area contributed by atoms with Crippen LogP contribution in [0.1, 0.15) is 35.8 Å². The molecule has 4 N–H and O–H groups in total. The molecule has 3 rings (SSSR count). The van der Waals surface area contributed by atoms with Crippen molar-refractivity contribution in [2.75, 3.05) is 25.0 Å². The van der Waals surface area contributed by atoms with Crippen molar-refractivity contribution in [2.24, 2.45) is 0 Å². The Labute approximate surface area is 178 Å². The molecule has 2 amide bonds. The number of pyridine rings is 2. The highest BCUT2D eigenvalue weighted by Gasteiger charge is 2.40. The number of carbonyl (C=O) groups excluding carboxylic acids is 1. The van der Waals surface area contributed by atoms with Crippen LogP contribution in [0, 0.1) is 6.92 Å². The van der Waals surface area contributed by atoms with Crippen LogP contribution in [0.4, 0.5) is 15.0 Å². The largest absolute Gasteiger partial charge is 0.394 e. The zero-order valence-electron chi connectivity index (χ0n) is 16.4. The average Bonchev–Trinajstić information content (AvgIpc) is 2.74. The number of likely N-dealkylation sites (tertiary alicyclic amines) is 1. The van der Waals surface area contributed by atoms with Crippen molar-refractivity contribution in [3.8, 4) is 0 Å². The molecule has 0 saturated carbocycles. The van der Waals surface area contributed by atoms with Gasteiger partial charge < -0.3 is 20.2 Å². The van der Waals surface area contributed by atoms with E-state index in [4.69, 9.17) is 16.7 Å².